The molecule has 0 amide bonds. The Labute approximate surface area is 103 Å². The Hall–Kier alpha value is -1.37. The molecule has 0 aromatic heterocycles. The average molecular weight is 232 g/mol. The maximum atomic E-state index is 9.45. The summed E-state index contributed by atoms with van der Waals surface area (Å²) in [6, 6.07) is 9.73. The summed E-state index contributed by atoms with van der Waals surface area (Å²) in [5, 5.41) is 21.8. The van der Waals surface area contributed by atoms with Gasteiger partial charge in [0.15, 0.2) is 0 Å². The molecule has 0 aliphatic carbocycles. The monoisotopic (exact) mass is 232 g/mol. The number of aliphatic hydroxyl groups excluding tert-OH is 1. The second-order valence-corrected chi connectivity index (χ2v) is 4.27. The summed E-state index contributed by atoms with van der Waals surface area (Å²) in [7, 11) is 0. The summed E-state index contributed by atoms with van der Waals surface area (Å²) < 4.78 is 0. The zero-order valence-electron chi connectivity index (χ0n) is 10.5. The first-order valence-electron chi connectivity index (χ1n) is 6.05. The van der Waals surface area contributed by atoms with Crippen molar-refractivity contribution < 1.29 is 5.11 Å². The minimum Gasteiger partial charge on any atom is -0.394 e. The van der Waals surface area contributed by atoms with Crippen LogP contribution in [-0.2, 0) is 6.54 Å². The summed E-state index contributed by atoms with van der Waals surface area (Å²) in [6.07, 6.45) is 1.74. The zero-order valence-corrected chi connectivity index (χ0v) is 10.5. The number of nitrogens with zero attached hydrogens (tertiary/aromatic N) is 1. The van der Waals surface area contributed by atoms with Crippen molar-refractivity contribution in [3.8, 4) is 6.07 Å². The van der Waals surface area contributed by atoms with Gasteiger partial charge in [-0.25, -0.2) is 0 Å². The lowest BCUT2D eigenvalue weighted by Crippen LogP contribution is -2.47. The highest BCUT2D eigenvalue weighted by Gasteiger charge is 2.24. The number of aliphatic hydroxyl groups is 1. The first kappa shape index (κ1) is 13.7. The van der Waals surface area contributed by atoms with Crippen molar-refractivity contribution in [2.45, 2.75) is 38.8 Å². The van der Waals surface area contributed by atoms with E-state index in [1.807, 2.05) is 24.3 Å². The molecule has 1 aromatic rings. The minimum absolute atomic E-state index is 0.120. The van der Waals surface area contributed by atoms with E-state index >= 15 is 0 Å². The molecular formula is C14H20N2O. The molecule has 2 N–H and O–H groups in total. The Morgan fingerprint density at radius 1 is 1.29 bits per heavy atom. The van der Waals surface area contributed by atoms with Gasteiger partial charge in [0.05, 0.1) is 18.2 Å². The number of nitriles is 1. The molecule has 0 saturated carbocycles. The van der Waals surface area contributed by atoms with Gasteiger partial charge in [0.25, 0.3) is 0 Å². The lowest BCUT2D eigenvalue weighted by molar-refractivity contribution is 0.149. The molecule has 0 radical (unpaired) electrons. The van der Waals surface area contributed by atoms with E-state index in [9.17, 15) is 5.11 Å². The topological polar surface area (TPSA) is 56.0 Å². The van der Waals surface area contributed by atoms with Crippen LogP contribution in [0.25, 0.3) is 0 Å². The van der Waals surface area contributed by atoms with Crippen LogP contribution >= 0.6 is 0 Å². The van der Waals surface area contributed by atoms with Crippen LogP contribution in [0.3, 0.4) is 0 Å². The van der Waals surface area contributed by atoms with Crippen molar-refractivity contribution in [3.63, 3.8) is 0 Å². The van der Waals surface area contributed by atoms with Gasteiger partial charge in [0, 0.05) is 12.1 Å². The fourth-order valence-electron chi connectivity index (χ4n) is 1.85. The lowest BCUT2D eigenvalue weighted by atomic mass is 9.93. The third-order valence-electron chi connectivity index (χ3n) is 3.45. The van der Waals surface area contributed by atoms with E-state index in [4.69, 9.17) is 5.26 Å². The smallest absolute Gasteiger partial charge is 0.0995 e. The van der Waals surface area contributed by atoms with Gasteiger partial charge in [-0.2, -0.15) is 5.26 Å². The van der Waals surface area contributed by atoms with Crippen molar-refractivity contribution in [3.05, 3.63) is 35.4 Å². The minimum atomic E-state index is -0.234. The first-order chi connectivity index (χ1) is 8.21. The van der Waals surface area contributed by atoms with Gasteiger partial charge >= 0.3 is 0 Å². The molecule has 3 nitrogen and oxygen atoms in total. The van der Waals surface area contributed by atoms with Crippen molar-refractivity contribution in [1.29, 1.82) is 5.26 Å². The molecule has 0 atom stereocenters. The van der Waals surface area contributed by atoms with E-state index in [2.05, 4.69) is 25.2 Å². The molecule has 1 aromatic carbocycles. The van der Waals surface area contributed by atoms with E-state index in [1.54, 1.807) is 0 Å². The van der Waals surface area contributed by atoms with Crippen LogP contribution in [0.4, 0.5) is 0 Å². The van der Waals surface area contributed by atoms with Gasteiger partial charge < -0.3 is 10.4 Å². The van der Waals surface area contributed by atoms with E-state index in [1.165, 1.54) is 0 Å². The number of rotatable bonds is 6. The van der Waals surface area contributed by atoms with Crippen LogP contribution in [0.15, 0.2) is 24.3 Å². The molecule has 0 bridgehead atoms. The quantitative estimate of drug-likeness (QED) is 0.790. The van der Waals surface area contributed by atoms with Crippen LogP contribution in [-0.4, -0.2) is 17.3 Å². The molecule has 0 unspecified atom stereocenters. The second-order valence-electron chi connectivity index (χ2n) is 4.27. The number of nitrogens with one attached hydrogen (secondary N) is 1. The van der Waals surface area contributed by atoms with Crippen LogP contribution in [0.1, 0.15) is 37.8 Å². The van der Waals surface area contributed by atoms with E-state index in [0.29, 0.717) is 12.1 Å². The van der Waals surface area contributed by atoms with Gasteiger partial charge in [-0.1, -0.05) is 32.0 Å². The van der Waals surface area contributed by atoms with Crippen LogP contribution < -0.4 is 5.32 Å². The molecule has 0 spiro atoms. The van der Waals surface area contributed by atoms with Crippen molar-refractivity contribution in [2.75, 3.05) is 6.61 Å². The van der Waals surface area contributed by atoms with Gasteiger partial charge in [-0.3, -0.25) is 0 Å². The summed E-state index contributed by atoms with van der Waals surface area (Å²) in [5.74, 6) is 0. The molecule has 3 heteroatoms. The third-order valence-corrected chi connectivity index (χ3v) is 3.45. The fourth-order valence-corrected chi connectivity index (χ4v) is 1.85. The maximum Gasteiger partial charge on any atom is 0.0995 e. The number of hydrogen-bond donors (Lipinski definition) is 2. The van der Waals surface area contributed by atoms with Gasteiger partial charge in [-0.05, 0) is 24.5 Å². The van der Waals surface area contributed by atoms with Crippen LogP contribution in [0.2, 0.25) is 0 Å². The predicted octanol–water partition coefficient (Wildman–Crippen LogP) is 2.20. The van der Waals surface area contributed by atoms with E-state index in [-0.39, 0.29) is 12.1 Å². The number of hydrogen-bond acceptors (Lipinski definition) is 3. The summed E-state index contributed by atoms with van der Waals surface area (Å²) in [4.78, 5) is 0. The summed E-state index contributed by atoms with van der Waals surface area (Å²) in [6.45, 7) is 4.85. The molecule has 1 rings (SSSR count). The highest BCUT2D eigenvalue weighted by atomic mass is 16.3. The molecule has 0 aliphatic heterocycles. The Kier molecular flexibility index (Phi) is 5.14. The van der Waals surface area contributed by atoms with Gasteiger partial charge in [-0.15, -0.1) is 0 Å². The second kappa shape index (κ2) is 6.39. The standard InChI is InChI=1S/C14H20N2O/c1-3-14(4-2,11-17)16-10-13-8-6-5-7-12(13)9-15/h5-8,16-17H,3-4,10-11H2,1-2H3. The first-order valence-corrected chi connectivity index (χ1v) is 6.05. The van der Waals surface area contributed by atoms with Gasteiger partial charge in [0.2, 0.25) is 0 Å². The average Bonchev–Trinajstić information content (AvgIpc) is 2.41. The van der Waals surface area contributed by atoms with Gasteiger partial charge in [0.1, 0.15) is 0 Å². The van der Waals surface area contributed by atoms with Crippen LogP contribution in [0.5, 0.6) is 0 Å². The molecule has 0 fully saturated rings. The van der Waals surface area contributed by atoms with E-state index < -0.39 is 0 Å². The summed E-state index contributed by atoms with van der Waals surface area (Å²) in [5.41, 5.74) is 1.44. The zero-order chi connectivity index (χ0) is 12.7. The molecule has 92 valence electrons. The maximum absolute atomic E-state index is 9.45. The van der Waals surface area contributed by atoms with Crippen LogP contribution in [0, 0.1) is 11.3 Å². The van der Waals surface area contributed by atoms with Crippen molar-refractivity contribution >= 4 is 0 Å². The number of benzene rings is 1. The Morgan fingerprint density at radius 3 is 2.47 bits per heavy atom. The largest absolute Gasteiger partial charge is 0.394 e. The Morgan fingerprint density at radius 2 is 1.94 bits per heavy atom. The molecular weight excluding hydrogens is 212 g/mol. The molecule has 0 aliphatic rings. The third kappa shape index (κ3) is 3.29. The van der Waals surface area contributed by atoms with Crippen molar-refractivity contribution in [2.24, 2.45) is 0 Å². The normalized spacial score (nSPS) is 11.2. The molecule has 0 saturated heterocycles. The van der Waals surface area contributed by atoms with Crippen molar-refractivity contribution in [1.82, 2.24) is 5.32 Å². The predicted molar refractivity (Wildman–Crippen MR) is 68.4 cm³/mol. The highest BCUT2D eigenvalue weighted by molar-refractivity contribution is 5.37. The molecule has 17 heavy (non-hydrogen) atoms. The highest BCUT2D eigenvalue weighted by Crippen LogP contribution is 2.16. The van der Waals surface area contributed by atoms with E-state index in [0.717, 1.165) is 18.4 Å². The lowest BCUT2D eigenvalue weighted by Gasteiger charge is -2.31. The fraction of sp³-hybridized carbons (Fsp3) is 0.500. The Bertz CT molecular complexity index is 383. The molecule has 0 heterocycles. The SMILES string of the molecule is CCC(CC)(CO)NCc1ccccc1C#N. The Balaban J connectivity index is 2.76. The summed E-state index contributed by atoms with van der Waals surface area (Å²) >= 11 is 0.